The Morgan fingerprint density at radius 1 is 0.794 bits per heavy atom. The fourth-order valence-corrected chi connectivity index (χ4v) is 5.83. The van der Waals surface area contributed by atoms with Gasteiger partial charge in [-0.05, 0) is 80.2 Å². The van der Waals surface area contributed by atoms with E-state index in [2.05, 4.69) is 19.2 Å². The molecular weight excluding hydrogens is 426 g/mol. The highest BCUT2D eigenvalue weighted by molar-refractivity contribution is 6.20. The maximum absolute atomic E-state index is 13.4. The lowest BCUT2D eigenvalue weighted by Crippen LogP contribution is -2.37. The van der Waals surface area contributed by atoms with Crippen molar-refractivity contribution in [2.45, 2.75) is 84.6 Å². The largest absolute Gasteiger partial charge is 0.545 e. The van der Waals surface area contributed by atoms with Gasteiger partial charge in [0, 0.05) is 34.5 Å². The molecule has 0 saturated heterocycles. The van der Waals surface area contributed by atoms with Crippen LogP contribution < -0.4 is 10.4 Å². The number of carbonyl (C=O) groups is 3. The van der Waals surface area contributed by atoms with Crippen molar-refractivity contribution in [3.05, 3.63) is 46.5 Å². The standard InChI is InChI=1S/C29H37NO4/c1-17-4-9-20(10-5-17)16-25(31)22-13-8-19(3)26-23(14-15-24(27(22)26)29(33)34)28(32)30-21-11-6-18(2)7-12-21/h8,13-15,17-18,20-21H,4-7,9-12,16H2,1-3H3,(H,30,32)(H,33,34)/p-1. The topological polar surface area (TPSA) is 86.3 Å². The summed E-state index contributed by atoms with van der Waals surface area (Å²) in [6, 6.07) is 6.67. The zero-order valence-electron chi connectivity index (χ0n) is 20.6. The first-order valence-corrected chi connectivity index (χ1v) is 12.9. The predicted octanol–water partition coefficient (Wildman–Crippen LogP) is 5.22. The van der Waals surface area contributed by atoms with Crippen LogP contribution in [0.15, 0.2) is 24.3 Å². The molecule has 2 aliphatic carbocycles. The number of hydrogen-bond acceptors (Lipinski definition) is 4. The molecule has 2 aliphatic rings. The summed E-state index contributed by atoms with van der Waals surface area (Å²) >= 11 is 0. The number of Topliss-reactive ketones (excluding diaryl/α,β-unsaturated/α-hetero) is 1. The number of rotatable bonds is 6. The van der Waals surface area contributed by atoms with Gasteiger partial charge in [0.15, 0.2) is 5.78 Å². The van der Waals surface area contributed by atoms with E-state index in [1.807, 2.05) is 13.0 Å². The summed E-state index contributed by atoms with van der Waals surface area (Å²) in [5.41, 5.74) is 1.57. The number of aryl methyl sites for hydroxylation is 1. The Morgan fingerprint density at radius 3 is 1.97 bits per heavy atom. The highest BCUT2D eigenvalue weighted by atomic mass is 16.4. The van der Waals surface area contributed by atoms with E-state index in [1.165, 1.54) is 6.07 Å². The van der Waals surface area contributed by atoms with Crippen LogP contribution in [0.3, 0.4) is 0 Å². The van der Waals surface area contributed by atoms with E-state index in [0.717, 1.165) is 56.9 Å². The molecule has 0 atom stereocenters. The van der Waals surface area contributed by atoms with Crippen molar-refractivity contribution < 1.29 is 19.5 Å². The fraction of sp³-hybridized carbons (Fsp3) is 0.552. The quantitative estimate of drug-likeness (QED) is 0.597. The number of carboxylic acid groups (broad SMARTS) is 1. The van der Waals surface area contributed by atoms with Crippen molar-refractivity contribution in [2.24, 2.45) is 17.8 Å². The molecule has 4 rings (SSSR count). The molecule has 0 aromatic heterocycles. The van der Waals surface area contributed by atoms with E-state index in [9.17, 15) is 19.5 Å². The Bertz CT molecular complexity index is 1090. The van der Waals surface area contributed by atoms with Gasteiger partial charge in [0.1, 0.15) is 0 Å². The molecule has 34 heavy (non-hydrogen) atoms. The molecule has 0 heterocycles. The molecule has 2 saturated carbocycles. The van der Waals surface area contributed by atoms with Crippen LogP contribution in [0.5, 0.6) is 0 Å². The minimum absolute atomic E-state index is 0.0256. The van der Waals surface area contributed by atoms with Crippen molar-refractivity contribution in [1.29, 1.82) is 0 Å². The van der Waals surface area contributed by atoms with Gasteiger partial charge in [0.2, 0.25) is 0 Å². The molecule has 0 radical (unpaired) electrons. The zero-order chi connectivity index (χ0) is 24.4. The maximum Gasteiger partial charge on any atom is 0.252 e. The minimum Gasteiger partial charge on any atom is -0.545 e. The van der Waals surface area contributed by atoms with Gasteiger partial charge in [-0.2, -0.15) is 0 Å². The van der Waals surface area contributed by atoms with Gasteiger partial charge in [-0.15, -0.1) is 0 Å². The average Bonchev–Trinajstić information content (AvgIpc) is 2.81. The Hall–Kier alpha value is -2.69. The third-order valence-electron chi connectivity index (χ3n) is 8.09. The van der Waals surface area contributed by atoms with Gasteiger partial charge in [-0.25, -0.2) is 0 Å². The highest BCUT2D eigenvalue weighted by Crippen LogP contribution is 2.34. The van der Waals surface area contributed by atoms with Gasteiger partial charge in [-0.1, -0.05) is 44.9 Å². The van der Waals surface area contributed by atoms with Gasteiger partial charge in [-0.3, -0.25) is 9.59 Å². The number of amides is 1. The number of nitrogens with one attached hydrogen (secondary N) is 1. The molecule has 1 amide bonds. The van der Waals surface area contributed by atoms with E-state index in [-0.39, 0.29) is 23.3 Å². The number of fused-ring (bicyclic) bond motifs is 1. The van der Waals surface area contributed by atoms with Crippen LogP contribution in [0, 0.1) is 24.7 Å². The number of aromatic carboxylic acids is 1. The molecule has 0 bridgehead atoms. The summed E-state index contributed by atoms with van der Waals surface area (Å²) in [5, 5.41) is 16.1. The minimum atomic E-state index is -1.33. The molecule has 1 N–H and O–H groups in total. The lowest BCUT2D eigenvalue weighted by Gasteiger charge is -2.27. The molecule has 2 aromatic carbocycles. The lowest BCUT2D eigenvalue weighted by molar-refractivity contribution is -0.254. The van der Waals surface area contributed by atoms with Crippen LogP contribution in [0.4, 0.5) is 0 Å². The molecule has 5 nitrogen and oxygen atoms in total. The number of hydrogen-bond donors (Lipinski definition) is 1. The Kier molecular flexibility index (Phi) is 7.39. The number of carbonyl (C=O) groups excluding carboxylic acids is 3. The lowest BCUT2D eigenvalue weighted by atomic mass is 9.79. The monoisotopic (exact) mass is 462 g/mol. The second kappa shape index (κ2) is 10.3. The first-order chi connectivity index (χ1) is 16.2. The third-order valence-corrected chi connectivity index (χ3v) is 8.09. The molecule has 0 spiro atoms. The summed E-state index contributed by atoms with van der Waals surface area (Å²) in [4.78, 5) is 38.8. The first-order valence-electron chi connectivity index (χ1n) is 12.9. The number of carboxylic acids is 1. The zero-order valence-corrected chi connectivity index (χ0v) is 20.6. The van der Waals surface area contributed by atoms with Crippen molar-refractivity contribution >= 4 is 28.4 Å². The molecule has 182 valence electrons. The maximum atomic E-state index is 13.4. The average molecular weight is 463 g/mol. The van der Waals surface area contributed by atoms with Crippen LogP contribution in [-0.2, 0) is 0 Å². The van der Waals surface area contributed by atoms with Crippen molar-refractivity contribution in [3.63, 3.8) is 0 Å². The normalized spacial score (nSPS) is 25.1. The summed E-state index contributed by atoms with van der Waals surface area (Å²) in [6.07, 6.45) is 8.79. The van der Waals surface area contributed by atoms with Gasteiger partial charge >= 0.3 is 0 Å². The highest BCUT2D eigenvalue weighted by Gasteiger charge is 2.26. The third kappa shape index (κ3) is 5.18. The molecule has 0 aliphatic heterocycles. The van der Waals surface area contributed by atoms with Crippen molar-refractivity contribution in [2.75, 3.05) is 0 Å². The Morgan fingerprint density at radius 2 is 1.35 bits per heavy atom. The van der Waals surface area contributed by atoms with Crippen LogP contribution in [-0.4, -0.2) is 23.7 Å². The van der Waals surface area contributed by atoms with E-state index in [4.69, 9.17) is 0 Å². The fourth-order valence-electron chi connectivity index (χ4n) is 5.83. The van der Waals surface area contributed by atoms with E-state index < -0.39 is 5.97 Å². The van der Waals surface area contributed by atoms with Crippen LogP contribution >= 0.6 is 0 Å². The number of benzene rings is 2. The molecule has 2 fully saturated rings. The first kappa shape index (κ1) is 24.4. The molecule has 0 unspecified atom stereocenters. The van der Waals surface area contributed by atoms with Gasteiger partial charge in [0.05, 0.1) is 5.97 Å². The van der Waals surface area contributed by atoms with Crippen LogP contribution in [0.2, 0.25) is 0 Å². The SMILES string of the molecule is Cc1ccc(C(=O)CC2CCC(C)CC2)c2c(C(=O)[O-])ccc(C(=O)NC3CCC(C)CC3)c12. The van der Waals surface area contributed by atoms with E-state index >= 15 is 0 Å². The van der Waals surface area contributed by atoms with Crippen LogP contribution in [0.1, 0.15) is 108 Å². The molecule has 2 aromatic rings. The summed E-state index contributed by atoms with van der Waals surface area (Å²) in [5.74, 6) is 0.120. The Labute approximate surface area is 202 Å². The van der Waals surface area contributed by atoms with E-state index in [1.54, 1.807) is 12.1 Å². The Balaban J connectivity index is 1.70. The predicted molar refractivity (Wildman–Crippen MR) is 132 cm³/mol. The summed E-state index contributed by atoms with van der Waals surface area (Å²) in [7, 11) is 0. The smallest absolute Gasteiger partial charge is 0.252 e. The second-order valence-electron chi connectivity index (χ2n) is 10.8. The van der Waals surface area contributed by atoms with Gasteiger partial charge < -0.3 is 15.2 Å². The van der Waals surface area contributed by atoms with Crippen molar-refractivity contribution in [1.82, 2.24) is 5.32 Å². The van der Waals surface area contributed by atoms with Crippen LogP contribution in [0.25, 0.3) is 10.8 Å². The molecule has 5 heteroatoms. The molecular formula is C29H36NO4-. The summed E-state index contributed by atoms with van der Waals surface area (Å²) in [6.45, 7) is 6.34. The second-order valence-corrected chi connectivity index (χ2v) is 10.8. The van der Waals surface area contributed by atoms with Crippen molar-refractivity contribution in [3.8, 4) is 0 Å². The number of ketones is 1. The summed E-state index contributed by atoms with van der Waals surface area (Å²) < 4.78 is 0. The van der Waals surface area contributed by atoms with E-state index in [0.29, 0.717) is 46.1 Å². The van der Waals surface area contributed by atoms with Gasteiger partial charge in [0.25, 0.3) is 5.91 Å².